The molecule has 0 radical (unpaired) electrons. The summed E-state index contributed by atoms with van der Waals surface area (Å²) >= 11 is 0. The molecule has 1 aromatic rings. The van der Waals surface area contributed by atoms with Crippen LogP contribution >= 0.6 is 0 Å². The Morgan fingerprint density at radius 1 is 1.35 bits per heavy atom. The summed E-state index contributed by atoms with van der Waals surface area (Å²) < 4.78 is 13.2. The van der Waals surface area contributed by atoms with Crippen LogP contribution in [0.5, 0.6) is 0 Å². The molecule has 1 rings (SSSR count). The Bertz CT molecular complexity index is 458. The van der Waals surface area contributed by atoms with E-state index in [0.717, 1.165) is 24.0 Å². The van der Waals surface area contributed by atoms with Gasteiger partial charge in [0.15, 0.2) is 0 Å². The lowest BCUT2D eigenvalue weighted by molar-refractivity contribution is 0.625. The third-order valence-corrected chi connectivity index (χ3v) is 3.13. The molecule has 0 heterocycles. The Labute approximate surface area is 105 Å². The zero-order chi connectivity index (χ0) is 12.9. The lowest BCUT2D eigenvalue weighted by atomic mass is 10.0. The number of rotatable bonds is 3. The highest BCUT2D eigenvalue weighted by Crippen LogP contribution is 2.13. The summed E-state index contributed by atoms with van der Waals surface area (Å²) in [6, 6.07) is 4.84. The van der Waals surface area contributed by atoms with E-state index in [4.69, 9.17) is 0 Å². The minimum Gasteiger partial charge on any atom is -0.207 e. The van der Waals surface area contributed by atoms with Gasteiger partial charge in [-0.2, -0.15) is 0 Å². The van der Waals surface area contributed by atoms with Gasteiger partial charge < -0.3 is 0 Å². The van der Waals surface area contributed by atoms with Gasteiger partial charge in [-0.05, 0) is 36.6 Å². The van der Waals surface area contributed by atoms with Gasteiger partial charge in [0.05, 0.1) is 0 Å². The quantitative estimate of drug-likeness (QED) is 0.426. The molecular formula is C15H19FSi. The number of benzene rings is 1. The summed E-state index contributed by atoms with van der Waals surface area (Å²) in [5, 5.41) is 0. The fraction of sp³-hybridized carbons (Fsp3) is 0.333. The van der Waals surface area contributed by atoms with Crippen LogP contribution in [0.1, 0.15) is 17.5 Å². The second-order valence-corrected chi connectivity index (χ2v) is 9.88. The molecule has 0 atom stereocenters. The van der Waals surface area contributed by atoms with Crippen molar-refractivity contribution in [1.82, 2.24) is 0 Å². The summed E-state index contributed by atoms with van der Waals surface area (Å²) in [7, 11) is -1.38. The van der Waals surface area contributed by atoms with E-state index in [1.165, 1.54) is 6.07 Å². The van der Waals surface area contributed by atoms with Crippen LogP contribution in [-0.4, -0.2) is 8.07 Å². The van der Waals surface area contributed by atoms with E-state index in [1.807, 2.05) is 6.08 Å². The van der Waals surface area contributed by atoms with E-state index in [0.29, 0.717) is 0 Å². The topological polar surface area (TPSA) is 0 Å². The summed E-state index contributed by atoms with van der Waals surface area (Å²) in [5.74, 6) is 3.01. The van der Waals surface area contributed by atoms with Crippen molar-refractivity contribution in [3.63, 3.8) is 0 Å². The molecule has 0 bridgehead atoms. The molecule has 0 aliphatic heterocycles. The van der Waals surface area contributed by atoms with Gasteiger partial charge in [0.2, 0.25) is 0 Å². The SMILES string of the molecule is C=CCCc1cc(F)ccc1C#C[Si](C)(C)C. The average molecular weight is 246 g/mol. The Morgan fingerprint density at radius 2 is 2.06 bits per heavy atom. The predicted octanol–water partition coefficient (Wildman–Crippen LogP) is 4.17. The van der Waals surface area contributed by atoms with Gasteiger partial charge in [-0.1, -0.05) is 31.6 Å². The lowest BCUT2D eigenvalue weighted by Crippen LogP contribution is -2.16. The molecule has 0 amide bonds. The minimum absolute atomic E-state index is 0.192. The lowest BCUT2D eigenvalue weighted by Gasteiger charge is -2.06. The molecule has 0 unspecified atom stereocenters. The first-order valence-electron chi connectivity index (χ1n) is 5.85. The van der Waals surface area contributed by atoms with Gasteiger partial charge >= 0.3 is 0 Å². The highest BCUT2D eigenvalue weighted by Gasteiger charge is 2.08. The van der Waals surface area contributed by atoms with E-state index in [-0.39, 0.29) is 5.82 Å². The second kappa shape index (κ2) is 5.84. The third-order valence-electron chi connectivity index (χ3n) is 2.26. The van der Waals surface area contributed by atoms with Gasteiger partial charge in [0.1, 0.15) is 13.9 Å². The van der Waals surface area contributed by atoms with Crippen LogP contribution in [0.3, 0.4) is 0 Å². The summed E-state index contributed by atoms with van der Waals surface area (Å²) in [6.07, 6.45) is 3.50. The van der Waals surface area contributed by atoms with Crippen molar-refractivity contribution in [1.29, 1.82) is 0 Å². The predicted molar refractivity (Wildman–Crippen MR) is 75.1 cm³/mol. The van der Waals surface area contributed by atoms with E-state index in [2.05, 4.69) is 37.7 Å². The molecule has 90 valence electrons. The molecule has 0 nitrogen and oxygen atoms in total. The average Bonchev–Trinajstić information content (AvgIpc) is 2.23. The fourth-order valence-electron chi connectivity index (χ4n) is 1.40. The Hall–Kier alpha value is -1.33. The van der Waals surface area contributed by atoms with E-state index in [9.17, 15) is 4.39 Å². The van der Waals surface area contributed by atoms with Gasteiger partial charge in [0.25, 0.3) is 0 Å². The minimum atomic E-state index is -1.38. The van der Waals surface area contributed by atoms with Gasteiger partial charge in [-0.25, -0.2) is 4.39 Å². The molecular weight excluding hydrogens is 227 g/mol. The Balaban J connectivity index is 3.04. The molecule has 2 heteroatoms. The van der Waals surface area contributed by atoms with Crippen molar-refractivity contribution < 1.29 is 4.39 Å². The molecule has 17 heavy (non-hydrogen) atoms. The van der Waals surface area contributed by atoms with Gasteiger partial charge in [-0.3, -0.25) is 0 Å². The normalized spacial score (nSPS) is 10.6. The first-order valence-corrected chi connectivity index (χ1v) is 9.35. The molecule has 0 spiro atoms. The first-order chi connectivity index (χ1) is 7.92. The van der Waals surface area contributed by atoms with Crippen LogP contribution in [0.4, 0.5) is 4.39 Å². The van der Waals surface area contributed by atoms with Crippen molar-refractivity contribution in [3.05, 3.63) is 47.8 Å². The highest BCUT2D eigenvalue weighted by atomic mass is 28.3. The number of allylic oxidation sites excluding steroid dienone is 1. The number of aryl methyl sites for hydroxylation is 1. The molecule has 0 aromatic heterocycles. The van der Waals surface area contributed by atoms with E-state index < -0.39 is 8.07 Å². The fourth-order valence-corrected chi connectivity index (χ4v) is 1.91. The van der Waals surface area contributed by atoms with Crippen molar-refractivity contribution in [2.75, 3.05) is 0 Å². The van der Waals surface area contributed by atoms with Gasteiger partial charge in [0, 0.05) is 5.56 Å². The second-order valence-electron chi connectivity index (χ2n) is 5.13. The van der Waals surface area contributed by atoms with Crippen LogP contribution < -0.4 is 0 Å². The molecule has 0 saturated carbocycles. The van der Waals surface area contributed by atoms with Crippen LogP contribution in [0.2, 0.25) is 19.6 Å². The maximum Gasteiger partial charge on any atom is 0.129 e. The summed E-state index contributed by atoms with van der Waals surface area (Å²) in [6.45, 7) is 10.3. The monoisotopic (exact) mass is 246 g/mol. The zero-order valence-corrected chi connectivity index (χ0v) is 11.8. The van der Waals surface area contributed by atoms with Gasteiger partial charge in [-0.15, -0.1) is 12.1 Å². The van der Waals surface area contributed by atoms with Crippen molar-refractivity contribution >= 4 is 8.07 Å². The first kappa shape index (κ1) is 13.7. The molecule has 0 saturated heterocycles. The Morgan fingerprint density at radius 3 is 2.65 bits per heavy atom. The zero-order valence-electron chi connectivity index (χ0n) is 10.8. The Kier molecular flexibility index (Phi) is 4.71. The number of halogens is 1. The summed E-state index contributed by atoms with van der Waals surface area (Å²) in [4.78, 5) is 0. The maximum atomic E-state index is 13.2. The molecule has 0 aliphatic rings. The third kappa shape index (κ3) is 5.01. The van der Waals surface area contributed by atoms with Crippen LogP contribution in [0, 0.1) is 17.3 Å². The standard InChI is InChI=1S/C15H19FSi/c1-5-6-7-14-12-15(16)9-8-13(14)10-11-17(2,3)4/h5,8-9,12H,1,6-7H2,2-4H3. The highest BCUT2D eigenvalue weighted by molar-refractivity contribution is 6.83. The largest absolute Gasteiger partial charge is 0.207 e. The molecule has 0 fully saturated rings. The number of hydrogen-bond acceptors (Lipinski definition) is 0. The van der Waals surface area contributed by atoms with Crippen LogP contribution in [-0.2, 0) is 6.42 Å². The summed E-state index contributed by atoms with van der Waals surface area (Å²) in [5.41, 5.74) is 5.25. The van der Waals surface area contributed by atoms with E-state index >= 15 is 0 Å². The van der Waals surface area contributed by atoms with Crippen molar-refractivity contribution in [3.8, 4) is 11.5 Å². The van der Waals surface area contributed by atoms with Crippen LogP contribution in [0.15, 0.2) is 30.9 Å². The van der Waals surface area contributed by atoms with E-state index in [1.54, 1.807) is 12.1 Å². The smallest absolute Gasteiger partial charge is 0.129 e. The van der Waals surface area contributed by atoms with Crippen molar-refractivity contribution in [2.24, 2.45) is 0 Å². The maximum absolute atomic E-state index is 13.2. The molecule has 0 N–H and O–H groups in total. The van der Waals surface area contributed by atoms with Crippen molar-refractivity contribution in [2.45, 2.75) is 32.5 Å². The number of hydrogen-bond donors (Lipinski definition) is 0. The molecule has 0 aliphatic carbocycles. The van der Waals surface area contributed by atoms with Crippen LogP contribution in [0.25, 0.3) is 0 Å². The molecule has 1 aromatic carbocycles.